The van der Waals surface area contributed by atoms with E-state index < -0.39 is 47.5 Å². The Morgan fingerprint density at radius 3 is 2.36 bits per heavy atom. The predicted octanol–water partition coefficient (Wildman–Crippen LogP) is 7.36. The first-order valence-corrected chi connectivity index (χ1v) is 15.8. The molecule has 1 fully saturated rings. The van der Waals surface area contributed by atoms with E-state index in [2.05, 4.69) is 0 Å². The number of rotatable bonds is 12. The highest BCUT2D eigenvalue weighted by Gasteiger charge is 2.47. The molecule has 1 saturated heterocycles. The van der Waals surface area contributed by atoms with Gasteiger partial charge in [-0.05, 0) is 67.5 Å². The Morgan fingerprint density at radius 2 is 1.74 bits per heavy atom. The third-order valence-corrected chi connectivity index (χ3v) is 8.25. The molecule has 0 saturated carbocycles. The highest BCUT2D eigenvalue weighted by atomic mass is 19.1. The Labute approximate surface area is 278 Å². The molecule has 0 unspecified atom stereocenters. The van der Waals surface area contributed by atoms with Crippen LogP contribution in [0.4, 0.5) is 14.9 Å². The average molecular weight is 650 g/mol. The van der Waals surface area contributed by atoms with Gasteiger partial charge < -0.3 is 33.3 Å². The van der Waals surface area contributed by atoms with Gasteiger partial charge in [-0.15, -0.1) is 0 Å². The molecule has 0 aliphatic carbocycles. The number of amides is 1. The van der Waals surface area contributed by atoms with E-state index in [0.29, 0.717) is 17.0 Å². The first kappa shape index (κ1) is 36.2. The average Bonchev–Trinajstić information content (AvgIpc) is 3.29. The lowest BCUT2D eigenvalue weighted by atomic mass is 9.95. The first-order chi connectivity index (χ1) is 22.0. The Hall–Kier alpha value is -3.67. The summed E-state index contributed by atoms with van der Waals surface area (Å²) in [4.78, 5) is 26.3. The minimum Gasteiger partial charge on any atom is -0.497 e. The second-order valence-corrected chi connectivity index (χ2v) is 13.2. The Bertz CT molecular complexity index is 1500. The van der Waals surface area contributed by atoms with Gasteiger partial charge in [0.1, 0.15) is 35.1 Å². The summed E-state index contributed by atoms with van der Waals surface area (Å²) < 4.78 is 51.6. The van der Waals surface area contributed by atoms with E-state index in [4.69, 9.17) is 36.3 Å². The third kappa shape index (κ3) is 9.03. The zero-order chi connectivity index (χ0) is 34.7. The lowest BCUT2D eigenvalue weighted by Crippen LogP contribution is -2.39. The fraction of sp³-hybridized carbons (Fsp3) is 0.500. The summed E-state index contributed by atoms with van der Waals surface area (Å²) in [6.07, 6.45) is 2.94. The second kappa shape index (κ2) is 14.6. The van der Waals surface area contributed by atoms with Crippen LogP contribution in [0, 0.1) is 11.8 Å². The number of allylic oxidation sites excluding steroid dienone is 1. The molecule has 11 heteroatoms. The van der Waals surface area contributed by atoms with Crippen LogP contribution in [0.25, 0.3) is 6.08 Å². The van der Waals surface area contributed by atoms with Crippen LogP contribution < -0.4 is 14.4 Å². The first-order valence-electron chi connectivity index (χ1n) is 15.8. The number of cyclic esters (lactones) is 1. The van der Waals surface area contributed by atoms with Gasteiger partial charge >= 0.3 is 5.97 Å². The maximum atomic E-state index is 16.1. The zero-order valence-electron chi connectivity index (χ0n) is 28.7. The fourth-order valence-corrected chi connectivity index (χ4v) is 5.34. The largest absolute Gasteiger partial charge is 0.497 e. The lowest BCUT2D eigenvalue weighted by molar-refractivity contribution is -0.158. The van der Waals surface area contributed by atoms with Crippen molar-refractivity contribution >= 4 is 31.4 Å². The summed E-state index contributed by atoms with van der Waals surface area (Å²) >= 11 is 0. The Balaban J connectivity index is 1.65. The van der Waals surface area contributed by atoms with E-state index in [0.717, 1.165) is 5.56 Å². The Kier molecular flexibility index (Phi) is 11.3. The molecule has 4 atom stereocenters. The maximum Gasteiger partial charge on any atom is 0.345 e. The molecule has 0 N–H and O–H groups in total. The molecule has 2 heterocycles. The number of fused-ring (bicyclic) bond motifs is 1. The van der Waals surface area contributed by atoms with Crippen LogP contribution in [-0.4, -0.2) is 63.7 Å². The number of anilines is 1. The maximum absolute atomic E-state index is 16.1. The highest BCUT2D eigenvalue weighted by molar-refractivity contribution is 6.60. The van der Waals surface area contributed by atoms with E-state index in [1.807, 2.05) is 45.0 Å². The van der Waals surface area contributed by atoms with Gasteiger partial charge in [-0.3, -0.25) is 4.79 Å². The van der Waals surface area contributed by atoms with Crippen molar-refractivity contribution in [3.8, 4) is 11.5 Å². The summed E-state index contributed by atoms with van der Waals surface area (Å²) in [5.74, 6) is -2.75. The molecular weight excluding hydrogens is 604 g/mol. The van der Waals surface area contributed by atoms with Crippen LogP contribution in [0.5, 0.6) is 11.5 Å². The lowest BCUT2D eigenvalue weighted by Gasteiger charge is -2.33. The van der Waals surface area contributed by atoms with Gasteiger partial charge in [0.2, 0.25) is 13.6 Å². The predicted molar refractivity (Wildman–Crippen MR) is 178 cm³/mol. The van der Waals surface area contributed by atoms with E-state index in [1.165, 1.54) is 11.9 Å². The number of nitrogens with zero attached hydrogens (tertiary/aromatic N) is 1. The summed E-state index contributed by atoms with van der Waals surface area (Å²) in [6.45, 7) is 13.0. The van der Waals surface area contributed by atoms with Crippen molar-refractivity contribution < 1.29 is 42.4 Å². The van der Waals surface area contributed by atoms with Crippen molar-refractivity contribution in [3.63, 3.8) is 0 Å². The fourth-order valence-electron chi connectivity index (χ4n) is 5.34. The van der Waals surface area contributed by atoms with Gasteiger partial charge in [0, 0.05) is 32.6 Å². The summed E-state index contributed by atoms with van der Waals surface area (Å²) in [7, 11) is 8.64. The second-order valence-electron chi connectivity index (χ2n) is 13.2. The molecule has 4 rings (SSSR count). The van der Waals surface area contributed by atoms with Crippen molar-refractivity contribution in [1.82, 2.24) is 0 Å². The van der Waals surface area contributed by atoms with Gasteiger partial charge in [0.25, 0.3) is 0 Å². The molecule has 2 aromatic carbocycles. The topological polar surface area (TPSA) is 92.8 Å². The summed E-state index contributed by atoms with van der Waals surface area (Å²) in [6, 6.07) is 10.6. The quantitative estimate of drug-likeness (QED) is 0.174. The van der Waals surface area contributed by atoms with Crippen molar-refractivity contribution in [2.24, 2.45) is 11.8 Å². The standard InChI is InChI=1S/C36H45BFNO8/c1-21(2)22(3)17-27(38)31(43-20-23-13-15-26(42-9)16-14-23)32-28(44-35(4,5)46-32)12-10-11-24-18-25(39(8)34(37)41)19-29-30(24)33(40)47-36(6,7)45-29/h10-11,13-19,21-22,28,31-32H,12,20H2,1-9H3/b11-10+,27-17+/t22-,28+,31-,32+/m1/s1. The zero-order valence-corrected chi connectivity index (χ0v) is 28.7. The molecule has 252 valence electrons. The van der Waals surface area contributed by atoms with Crippen molar-refractivity contribution in [2.45, 2.75) is 91.4 Å². The summed E-state index contributed by atoms with van der Waals surface area (Å²) in [5, 5.41) is 0. The van der Waals surface area contributed by atoms with Gasteiger partial charge in [-0.1, -0.05) is 45.1 Å². The molecule has 9 nitrogen and oxygen atoms in total. The number of carbonyl (C=O) groups excluding carboxylic acids is 2. The van der Waals surface area contributed by atoms with Crippen LogP contribution in [-0.2, 0) is 25.6 Å². The van der Waals surface area contributed by atoms with Crippen molar-refractivity contribution in [3.05, 3.63) is 71.1 Å². The molecule has 2 aliphatic rings. The Morgan fingerprint density at radius 1 is 1.06 bits per heavy atom. The molecule has 0 aromatic heterocycles. The molecule has 2 aromatic rings. The van der Waals surface area contributed by atoms with Crippen molar-refractivity contribution in [2.75, 3.05) is 19.1 Å². The minimum absolute atomic E-state index is 0.0419. The molecule has 47 heavy (non-hydrogen) atoms. The number of hydrogen-bond donors (Lipinski definition) is 0. The molecule has 0 bridgehead atoms. The monoisotopic (exact) mass is 649 g/mol. The summed E-state index contributed by atoms with van der Waals surface area (Å²) in [5.41, 5.74) is 1.93. The van der Waals surface area contributed by atoms with Crippen LogP contribution in [0.2, 0.25) is 0 Å². The van der Waals surface area contributed by atoms with Gasteiger partial charge in [0.15, 0.2) is 11.6 Å². The molecular formula is C36H45BFNO8. The van der Waals surface area contributed by atoms with E-state index in [9.17, 15) is 9.59 Å². The number of halogens is 1. The van der Waals surface area contributed by atoms with Gasteiger partial charge in [-0.25, -0.2) is 9.18 Å². The number of benzene rings is 2. The normalized spacial score (nSPS) is 21.6. The highest BCUT2D eigenvalue weighted by Crippen LogP contribution is 2.39. The van der Waals surface area contributed by atoms with E-state index in [-0.39, 0.29) is 36.2 Å². The smallest absolute Gasteiger partial charge is 0.345 e. The van der Waals surface area contributed by atoms with Crippen LogP contribution in [0.15, 0.2) is 54.4 Å². The van der Waals surface area contributed by atoms with Crippen LogP contribution in [0.1, 0.15) is 76.4 Å². The number of hydrogen-bond acceptors (Lipinski definition) is 8. The van der Waals surface area contributed by atoms with Crippen LogP contribution in [0.3, 0.4) is 0 Å². The van der Waals surface area contributed by atoms with E-state index >= 15 is 4.39 Å². The van der Waals surface area contributed by atoms with Crippen molar-refractivity contribution in [1.29, 1.82) is 0 Å². The third-order valence-electron chi connectivity index (χ3n) is 8.25. The number of carbonyl (C=O) groups is 2. The molecule has 1 amide bonds. The SMILES string of the molecule is [B]C(=O)N(C)c1cc(/C=C/C[C@@H]2OC(C)(C)O[C@@H]2[C@H](OCc2ccc(OC)cc2)/C(F)=C\[C@@H](C)C(C)C)c2c(c1)OC(C)(C)OC2=O. The minimum atomic E-state index is -1.20. The molecule has 2 aliphatic heterocycles. The number of methoxy groups -OCH3 is 1. The van der Waals surface area contributed by atoms with Crippen LogP contribution >= 0.6 is 0 Å². The molecule has 0 spiro atoms. The molecule has 2 radical (unpaired) electrons. The number of esters is 1. The van der Waals surface area contributed by atoms with Gasteiger partial charge in [0.05, 0.1) is 19.8 Å². The van der Waals surface area contributed by atoms with E-state index in [1.54, 1.807) is 65.2 Å². The number of ether oxygens (including phenoxy) is 6. The van der Waals surface area contributed by atoms with Gasteiger partial charge in [-0.2, -0.15) is 0 Å².